The molecule has 2 aromatic rings. The standard InChI is InChI=1S/C17H17Cl2NOS/c1-12-3-2-4-13(7-12)9-20-17(21)11-22-10-14-5-6-15(18)16(19)8-14/h2-8H,9-11H2,1H3,(H,20,21). The van der Waals surface area contributed by atoms with Gasteiger partial charge in [0.2, 0.25) is 5.91 Å². The second-order valence-corrected chi connectivity index (χ2v) is 6.81. The normalized spacial score (nSPS) is 10.5. The lowest BCUT2D eigenvalue weighted by molar-refractivity contribution is -0.118. The first-order valence-corrected chi connectivity index (χ1v) is 8.79. The van der Waals surface area contributed by atoms with Crippen LogP contribution < -0.4 is 5.32 Å². The Balaban J connectivity index is 1.72. The van der Waals surface area contributed by atoms with Gasteiger partial charge < -0.3 is 5.32 Å². The minimum Gasteiger partial charge on any atom is -0.351 e. The molecule has 0 fully saturated rings. The van der Waals surface area contributed by atoms with E-state index < -0.39 is 0 Å². The van der Waals surface area contributed by atoms with Gasteiger partial charge in [0.1, 0.15) is 0 Å². The van der Waals surface area contributed by atoms with Gasteiger partial charge in [0.25, 0.3) is 0 Å². The zero-order valence-corrected chi connectivity index (χ0v) is 14.6. The molecule has 1 amide bonds. The maximum absolute atomic E-state index is 11.8. The number of hydrogen-bond acceptors (Lipinski definition) is 2. The van der Waals surface area contributed by atoms with Crippen LogP contribution in [0.25, 0.3) is 0 Å². The monoisotopic (exact) mass is 353 g/mol. The Kier molecular flexibility index (Phi) is 6.62. The summed E-state index contributed by atoms with van der Waals surface area (Å²) in [7, 11) is 0. The van der Waals surface area contributed by atoms with Crippen molar-refractivity contribution < 1.29 is 4.79 Å². The summed E-state index contributed by atoms with van der Waals surface area (Å²) in [6, 6.07) is 13.7. The van der Waals surface area contributed by atoms with Gasteiger partial charge in [-0.3, -0.25) is 4.79 Å². The fraction of sp³-hybridized carbons (Fsp3) is 0.235. The second-order valence-electron chi connectivity index (χ2n) is 5.01. The number of hydrogen-bond donors (Lipinski definition) is 1. The highest BCUT2D eigenvalue weighted by molar-refractivity contribution is 7.99. The van der Waals surface area contributed by atoms with Crippen LogP contribution in [0.2, 0.25) is 10.0 Å². The van der Waals surface area contributed by atoms with Gasteiger partial charge >= 0.3 is 0 Å². The average Bonchev–Trinajstić information content (AvgIpc) is 2.49. The lowest BCUT2D eigenvalue weighted by atomic mass is 10.1. The quantitative estimate of drug-likeness (QED) is 0.803. The molecule has 0 atom stereocenters. The first kappa shape index (κ1) is 17.2. The maximum atomic E-state index is 11.8. The van der Waals surface area contributed by atoms with Gasteiger partial charge in [0.05, 0.1) is 15.8 Å². The Morgan fingerprint density at radius 2 is 1.91 bits per heavy atom. The molecule has 0 radical (unpaired) electrons. The summed E-state index contributed by atoms with van der Waals surface area (Å²) >= 11 is 13.4. The van der Waals surface area contributed by atoms with Crippen LogP contribution in [0.3, 0.4) is 0 Å². The number of aryl methyl sites for hydroxylation is 1. The number of nitrogens with one attached hydrogen (secondary N) is 1. The fourth-order valence-electron chi connectivity index (χ4n) is 1.96. The summed E-state index contributed by atoms with van der Waals surface area (Å²) in [6.07, 6.45) is 0. The van der Waals surface area contributed by atoms with Crippen molar-refractivity contribution in [2.75, 3.05) is 5.75 Å². The second kappa shape index (κ2) is 8.47. The summed E-state index contributed by atoms with van der Waals surface area (Å²) < 4.78 is 0. The molecule has 22 heavy (non-hydrogen) atoms. The van der Waals surface area contributed by atoms with Crippen LogP contribution in [0.15, 0.2) is 42.5 Å². The van der Waals surface area contributed by atoms with Crippen molar-refractivity contribution in [3.05, 3.63) is 69.2 Å². The molecule has 0 saturated carbocycles. The highest BCUT2D eigenvalue weighted by atomic mass is 35.5. The molecule has 0 aliphatic carbocycles. The molecule has 2 rings (SSSR count). The summed E-state index contributed by atoms with van der Waals surface area (Å²) in [5.74, 6) is 1.19. The van der Waals surface area contributed by atoms with E-state index in [4.69, 9.17) is 23.2 Å². The third-order valence-corrected chi connectivity index (χ3v) is 4.80. The smallest absolute Gasteiger partial charge is 0.230 e. The molecule has 0 aromatic heterocycles. The van der Waals surface area contributed by atoms with E-state index in [0.717, 1.165) is 16.9 Å². The van der Waals surface area contributed by atoms with Crippen LogP contribution in [0.1, 0.15) is 16.7 Å². The van der Waals surface area contributed by atoms with Gasteiger partial charge in [-0.05, 0) is 30.2 Å². The molecule has 1 N–H and O–H groups in total. The SMILES string of the molecule is Cc1cccc(CNC(=O)CSCc2ccc(Cl)c(Cl)c2)c1. The number of thioether (sulfide) groups is 1. The van der Waals surface area contributed by atoms with E-state index in [1.54, 1.807) is 17.8 Å². The van der Waals surface area contributed by atoms with Gasteiger partial charge in [-0.25, -0.2) is 0 Å². The van der Waals surface area contributed by atoms with Crippen LogP contribution in [-0.4, -0.2) is 11.7 Å². The third-order valence-electron chi connectivity index (χ3n) is 3.06. The number of carbonyl (C=O) groups excluding carboxylic acids is 1. The van der Waals surface area contributed by atoms with Gasteiger partial charge in [-0.1, -0.05) is 59.1 Å². The van der Waals surface area contributed by atoms with Gasteiger partial charge in [0, 0.05) is 12.3 Å². The number of carbonyl (C=O) groups is 1. The lowest BCUT2D eigenvalue weighted by Gasteiger charge is -2.07. The molecule has 5 heteroatoms. The summed E-state index contributed by atoms with van der Waals surface area (Å²) in [5.41, 5.74) is 3.37. The fourth-order valence-corrected chi connectivity index (χ4v) is 3.09. The topological polar surface area (TPSA) is 29.1 Å². The van der Waals surface area contributed by atoms with E-state index >= 15 is 0 Å². The van der Waals surface area contributed by atoms with E-state index in [1.165, 1.54) is 5.56 Å². The van der Waals surface area contributed by atoms with E-state index in [9.17, 15) is 4.79 Å². The van der Waals surface area contributed by atoms with Crippen molar-refractivity contribution >= 4 is 40.9 Å². The van der Waals surface area contributed by atoms with Gasteiger partial charge in [-0.15, -0.1) is 11.8 Å². The highest BCUT2D eigenvalue weighted by Gasteiger charge is 2.04. The molecule has 116 valence electrons. The number of benzene rings is 2. The predicted molar refractivity (Wildman–Crippen MR) is 95.6 cm³/mol. The Morgan fingerprint density at radius 3 is 2.64 bits per heavy atom. The largest absolute Gasteiger partial charge is 0.351 e. The van der Waals surface area contributed by atoms with Crippen LogP contribution in [-0.2, 0) is 17.1 Å². The highest BCUT2D eigenvalue weighted by Crippen LogP contribution is 2.24. The molecule has 0 spiro atoms. The molecule has 0 heterocycles. The van der Waals surface area contributed by atoms with Gasteiger partial charge in [-0.2, -0.15) is 0 Å². The van der Waals surface area contributed by atoms with Gasteiger partial charge in [0.15, 0.2) is 0 Å². The van der Waals surface area contributed by atoms with Crippen LogP contribution in [0, 0.1) is 6.92 Å². The molecule has 0 aliphatic heterocycles. The molecule has 0 bridgehead atoms. The average molecular weight is 354 g/mol. The zero-order valence-electron chi connectivity index (χ0n) is 12.2. The summed E-state index contributed by atoms with van der Waals surface area (Å²) in [4.78, 5) is 11.8. The number of amides is 1. The molecule has 2 nitrogen and oxygen atoms in total. The van der Waals surface area contributed by atoms with Crippen LogP contribution in [0.5, 0.6) is 0 Å². The Hall–Kier alpha value is -1.16. The molecular weight excluding hydrogens is 337 g/mol. The first-order chi connectivity index (χ1) is 10.5. The first-order valence-electron chi connectivity index (χ1n) is 6.88. The van der Waals surface area contributed by atoms with Crippen molar-refractivity contribution in [3.63, 3.8) is 0 Å². The molecular formula is C17H17Cl2NOS. The number of halogens is 2. The van der Waals surface area contributed by atoms with Crippen molar-refractivity contribution in [1.82, 2.24) is 5.32 Å². The minimum absolute atomic E-state index is 0.0339. The van der Waals surface area contributed by atoms with E-state index in [-0.39, 0.29) is 5.91 Å². The molecule has 0 saturated heterocycles. The van der Waals surface area contributed by atoms with Crippen LogP contribution >= 0.6 is 35.0 Å². The van der Waals surface area contributed by atoms with Crippen molar-refractivity contribution in [3.8, 4) is 0 Å². The Morgan fingerprint density at radius 1 is 1.09 bits per heavy atom. The van der Waals surface area contributed by atoms with Crippen molar-refractivity contribution in [2.24, 2.45) is 0 Å². The maximum Gasteiger partial charge on any atom is 0.230 e. The minimum atomic E-state index is 0.0339. The summed E-state index contributed by atoms with van der Waals surface area (Å²) in [6.45, 7) is 2.60. The van der Waals surface area contributed by atoms with Crippen molar-refractivity contribution in [1.29, 1.82) is 0 Å². The summed E-state index contributed by atoms with van der Waals surface area (Å²) in [5, 5.41) is 4.02. The third kappa shape index (κ3) is 5.56. The number of rotatable bonds is 6. The Bertz CT molecular complexity index is 661. The van der Waals surface area contributed by atoms with E-state index in [0.29, 0.717) is 22.3 Å². The molecule has 0 aliphatic rings. The van der Waals surface area contributed by atoms with Crippen LogP contribution in [0.4, 0.5) is 0 Å². The van der Waals surface area contributed by atoms with E-state index in [1.807, 2.05) is 37.3 Å². The predicted octanol–water partition coefficient (Wildman–Crippen LogP) is 4.85. The Labute approximate surface area is 145 Å². The molecule has 0 unspecified atom stereocenters. The molecule has 2 aromatic carbocycles. The lowest BCUT2D eigenvalue weighted by Crippen LogP contribution is -2.24. The van der Waals surface area contributed by atoms with E-state index in [2.05, 4.69) is 11.4 Å². The zero-order chi connectivity index (χ0) is 15.9. The van der Waals surface area contributed by atoms with Crippen molar-refractivity contribution in [2.45, 2.75) is 19.2 Å².